The molecule has 5 aromatic carbocycles. The van der Waals surface area contributed by atoms with Crippen LogP contribution in [-0.2, 0) is 0 Å². The fourth-order valence-corrected chi connectivity index (χ4v) is 5.29. The minimum absolute atomic E-state index is 0.0381. The van der Waals surface area contributed by atoms with E-state index in [1.54, 1.807) is 0 Å². The molecule has 0 saturated heterocycles. The lowest BCUT2D eigenvalue weighted by atomic mass is 9.45. The van der Waals surface area contributed by atoms with Crippen LogP contribution in [0.25, 0.3) is 33.1 Å². The van der Waals surface area contributed by atoms with Crippen molar-refractivity contribution in [2.45, 2.75) is 0 Å². The molecule has 6 aromatic rings. The molecule has 1 aliphatic heterocycles. The molecule has 7 rings (SSSR count). The molecule has 33 heavy (non-hydrogen) atoms. The Labute approximate surface area is 192 Å². The van der Waals surface area contributed by atoms with Gasteiger partial charge in [0.15, 0.2) is 0 Å². The normalized spacial score (nSPS) is 12.7. The minimum Gasteiger partial charge on any atom is -0.456 e. The Morgan fingerprint density at radius 3 is 2.15 bits per heavy atom. The third-order valence-electron chi connectivity index (χ3n) is 6.72. The molecule has 0 N–H and O–H groups in total. The summed E-state index contributed by atoms with van der Waals surface area (Å²) in [6.45, 7) is 0.0381. The molecule has 0 saturated carbocycles. The summed E-state index contributed by atoms with van der Waals surface area (Å²) in [7, 11) is 0. The highest BCUT2D eigenvalue weighted by atomic mass is 16.3. The van der Waals surface area contributed by atoms with Crippen LogP contribution in [0.15, 0.2) is 126 Å². The molecule has 1 aliphatic rings. The number of anilines is 2. The first-order valence-electron chi connectivity index (χ1n) is 11.3. The molecule has 3 heteroatoms. The van der Waals surface area contributed by atoms with E-state index in [2.05, 4.69) is 114 Å². The average Bonchev–Trinajstić information content (AvgIpc) is 3.26. The monoisotopic (exact) mass is 421 g/mol. The zero-order valence-electron chi connectivity index (χ0n) is 18.0. The van der Waals surface area contributed by atoms with Crippen molar-refractivity contribution in [2.24, 2.45) is 0 Å². The van der Waals surface area contributed by atoms with Gasteiger partial charge in [-0.3, -0.25) is 0 Å². The SMILES string of the molecule is c1ccc(N2B(c3ccc4c(c3)oc3ccccc34)c3ccccc3-c3ccccc32)cc1. The Balaban J connectivity index is 1.51. The maximum Gasteiger partial charge on any atom is 0.328 e. The highest BCUT2D eigenvalue weighted by Gasteiger charge is 2.37. The van der Waals surface area contributed by atoms with E-state index < -0.39 is 0 Å². The van der Waals surface area contributed by atoms with E-state index in [1.165, 1.54) is 33.4 Å². The van der Waals surface area contributed by atoms with Gasteiger partial charge in [0, 0.05) is 27.7 Å². The van der Waals surface area contributed by atoms with Crippen molar-refractivity contribution >= 4 is 51.1 Å². The summed E-state index contributed by atoms with van der Waals surface area (Å²) in [6, 6.07) is 43.1. The van der Waals surface area contributed by atoms with Crippen molar-refractivity contribution in [3.8, 4) is 11.1 Å². The number of benzene rings is 5. The summed E-state index contributed by atoms with van der Waals surface area (Å²) in [5.74, 6) is 0. The molecule has 0 aliphatic carbocycles. The van der Waals surface area contributed by atoms with E-state index in [-0.39, 0.29) is 6.85 Å². The first-order chi connectivity index (χ1) is 16.4. The van der Waals surface area contributed by atoms with E-state index in [1.807, 2.05) is 12.1 Å². The highest BCUT2D eigenvalue weighted by molar-refractivity contribution is 6.91. The number of hydrogen-bond acceptors (Lipinski definition) is 2. The van der Waals surface area contributed by atoms with Gasteiger partial charge in [-0.1, -0.05) is 91.0 Å². The van der Waals surface area contributed by atoms with Gasteiger partial charge in [-0.2, -0.15) is 0 Å². The molecule has 2 heterocycles. The van der Waals surface area contributed by atoms with E-state index in [4.69, 9.17) is 4.42 Å². The third kappa shape index (κ3) is 2.76. The van der Waals surface area contributed by atoms with E-state index in [0.29, 0.717) is 0 Å². The van der Waals surface area contributed by atoms with Crippen molar-refractivity contribution in [1.29, 1.82) is 0 Å². The van der Waals surface area contributed by atoms with Gasteiger partial charge in [0.2, 0.25) is 0 Å². The topological polar surface area (TPSA) is 16.4 Å². The lowest BCUT2D eigenvalue weighted by Crippen LogP contribution is -2.57. The van der Waals surface area contributed by atoms with Crippen LogP contribution in [0.2, 0.25) is 0 Å². The summed E-state index contributed by atoms with van der Waals surface area (Å²) in [6.07, 6.45) is 0. The number of furan rings is 1. The molecule has 0 bridgehead atoms. The first kappa shape index (κ1) is 18.3. The Hall–Kier alpha value is -4.24. The fourth-order valence-electron chi connectivity index (χ4n) is 5.29. The fraction of sp³-hybridized carbons (Fsp3) is 0. The highest BCUT2D eigenvalue weighted by Crippen LogP contribution is 2.39. The summed E-state index contributed by atoms with van der Waals surface area (Å²) in [4.78, 5) is 2.46. The third-order valence-corrected chi connectivity index (χ3v) is 6.72. The van der Waals surface area contributed by atoms with E-state index >= 15 is 0 Å². The van der Waals surface area contributed by atoms with Crippen molar-refractivity contribution in [3.63, 3.8) is 0 Å². The lowest BCUT2D eigenvalue weighted by Gasteiger charge is -2.38. The Morgan fingerprint density at radius 1 is 0.545 bits per heavy atom. The molecule has 0 spiro atoms. The number of fused-ring (bicyclic) bond motifs is 6. The summed E-state index contributed by atoms with van der Waals surface area (Å²) >= 11 is 0. The van der Waals surface area contributed by atoms with Crippen LogP contribution in [0.1, 0.15) is 0 Å². The minimum atomic E-state index is 0.0381. The molecule has 0 amide bonds. The zero-order chi connectivity index (χ0) is 21.8. The van der Waals surface area contributed by atoms with Crippen LogP contribution < -0.4 is 15.7 Å². The van der Waals surface area contributed by atoms with Crippen LogP contribution in [0.3, 0.4) is 0 Å². The predicted molar refractivity (Wildman–Crippen MR) is 139 cm³/mol. The van der Waals surface area contributed by atoms with Crippen LogP contribution in [-0.4, -0.2) is 6.85 Å². The van der Waals surface area contributed by atoms with Gasteiger partial charge in [0.1, 0.15) is 11.2 Å². The van der Waals surface area contributed by atoms with E-state index in [0.717, 1.165) is 21.9 Å². The molecule has 0 radical (unpaired) electrons. The largest absolute Gasteiger partial charge is 0.456 e. The average molecular weight is 421 g/mol. The smallest absolute Gasteiger partial charge is 0.328 e. The second-order valence-corrected chi connectivity index (χ2v) is 8.57. The number of rotatable bonds is 2. The van der Waals surface area contributed by atoms with Crippen LogP contribution in [0, 0.1) is 0 Å². The van der Waals surface area contributed by atoms with Crippen molar-refractivity contribution < 1.29 is 4.42 Å². The summed E-state index contributed by atoms with van der Waals surface area (Å²) in [5, 5.41) is 2.32. The zero-order valence-corrected chi connectivity index (χ0v) is 18.0. The quantitative estimate of drug-likeness (QED) is 0.297. The second kappa shape index (κ2) is 7.14. The van der Waals surface area contributed by atoms with Crippen molar-refractivity contribution in [2.75, 3.05) is 4.81 Å². The Bertz CT molecular complexity index is 1640. The molecule has 0 fully saturated rings. The molecular weight excluding hydrogens is 401 g/mol. The van der Waals surface area contributed by atoms with E-state index in [9.17, 15) is 0 Å². The van der Waals surface area contributed by atoms with Crippen LogP contribution >= 0.6 is 0 Å². The van der Waals surface area contributed by atoms with Gasteiger partial charge in [-0.25, -0.2) is 0 Å². The molecule has 0 unspecified atom stereocenters. The Morgan fingerprint density at radius 2 is 1.24 bits per heavy atom. The maximum absolute atomic E-state index is 6.26. The lowest BCUT2D eigenvalue weighted by molar-refractivity contribution is 0.669. The summed E-state index contributed by atoms with van der Waals surface area (Å²) in [5.41, 5.74) is 9.32. The predicted octanol–water partition coefficient (Wildman–Crippen LogP) is 6.51. The number of nitrogens with zero attached hydrogens (tertiary/aromatic N) is 1. The standard InChI is InChI=1S/C30H20BNO/c1-2-10-22(11-3-1)32-28-16-8-5-13-24(28)23-12-4-7-15-27(23)31(32)21-18-19-26-25-14-6-9-17-29(25)33-30(26)20-21/h1-20H. The van der Waals surface area contributed by atoms with Gasteiger partial charge >= 0.3 is 6.85 Å². The molecule has 0 atom stereocenters. The van der Waals surface area contributed by atoms with Gasteiger partial charge in [0.25, 0.3) is 0 Å². The van der Waals surface area contributed by atoms with Crippen LogP contribution in [0.4, 0.5) is 11.4 Å². The van der Waals surface area contributed by atoms with Crippen molar-refractivity contribution in [1.82, 2.24) is 0 Å². The van der Waals surface area contributed by atoms with Gasteiger partial charge in [-0.05, 0) is 46.8 Å². The number of para-hydroxylation sites is 3. The first-order valence-corrected chi connectivity index (χ1v) is 11.3. The molecule has 154 valence electrons. The second-order valence-electron chi connectivity index (χ2n) is 8.57. The van der Waals surface area contributed by atoms with Gasteiger partial charge in [-0.15, -0.1) is 0 Å². The van der Waals surface area contributed by atoms with Gasteiger partial charge < -0.3 is 9.23 Å². The Kier molecular flexibility index (Phi) is 3.97. The van der Waals surface area contributed by atoms with Gasteiger partial charge in [0.05, 0.1) is 0 Å². The van der Waals surface area contributed by atoms with Crippen LogP contribution in [0.5, 0.6) is 0 Å². The summed E-state index contributed by atoms with van der Waals surface area (Å²) < 4.78 is 6.26. The number of hydrogen-bond donors (Lipinski definition) is 0. The maximum atomic E-state index is 6.26. The molecule has 1 aromatic heterocycles. The van der Waals surface area contributed by atoms with Crippen molar-refractivity contribution in [3.05, 3.63) is 121 Å². The molecular formula is C30H20BNO. The molecule has 2 nitrogen and oxygen atoms in total.